The second-order valence-corrected chi connectivity index (χ2v) is 22.0. The predicted octanol–water partition coefficient (Wildman–Crippen LogP) is 4.52. The van der Waals surface area contributed by atoms with Crippen LogP contribution in [0.2, 0.25) is 0 Å². The average molecular weight is 1200 g/mol. The van der Waals surface area contributed by atoms with E-state index in [1.807, 2.05) is 56.0 Å². The highest BCUT2D eigenvalue weighted by Crippen LogP contribution is 2.35. The highest BCUT2D eigenvalue weighted by molar-refractivity contribution is 8.00. The number of unbranched alkanes of at least 4 members (excludes halogenated alkanes) is 5. The smallest absolute Gasteiger partial charge is 0.315 e. The molecule has 24 heteroatoms. The van der Waals surface area contributed by atoms with Gasteiger partial charge >= 0.3 is 6.03 Å². The van der Waals surface area contributed by atoms with E-state index in [2.05, 4.69) is 42.2 Å². The van der Waals surface area contributed by atoms with Crippen molar-refractivity contribution in [3.63, 3.8) is 0 Å². The van der Waals surface area contributed by atoms with E-state index in [4.69, 9.17) is 42.6 Å². The van der Waals surface area contributed by atoms with Gasteiger partial charge in [-0.3, -0.25) is 24.0 Å². The first-order valence-corrected chi connectivity index (χ1v) is 31.4. The first-order chi connectivity index (χ1) is 41.1. The lowest BCUT2D eigenvalue weighted by atomic mass is 10.0. The first kappa shape index (κ1) is 69.6. The van der Waals surface area contributed by atoms with Gasteiger partial charge in [-0.05, 0) is 82.1 Å². The van der Waals surface area contributed by atoms with Gasteiger partial charge in [-0.15, -0.1) is 0 Å². The van der Waals surface area contributed by atoms with Gasteiger partial charge in [-0.1, -0.05) is 37.5 Å². The van der Waals surface area contributed by atoms with Crippen LogP contribution in [0.3, 0.4) is 0 Å². The van der Waals surface area contributed by atoms with Crippen molar-refractivity contribution in [3.05, 3.63) is 52.3 Å². The number of benzene rings is 1. The molecule has 0 radical (unpaired) electrons. The zero-order chi connectivity index (χ0) is 59.7. The van der Waals surface area contributed by atoms with Gasteiger partial charge in [0, 0.05) is 85.5 Å². The molecule has 1 aromatic heterocycles. The summed E-state index contributed by atoms with van der Waals surface area (Å²) in [5, 5.41) is 21.0. The van der Waals surface area contributed by atoms with Crippen molar-refractivity contribution >= 4 is 64.7 Å². The number of thioether (sulfide) groups is 1. The third-order valence-electron chi connectivity index (χ3n) is 14.2. The Bertz CT molecular complexity index is 2270. The average Bonchev–Trinajstić information content (AvgIpc) is 3.73. The number of H-pyrrole nitrogens is 1. The molecule has 8 N–H and O–H groups in total. The number of hydrogen-bond acceptors (Lipinski definition) is 16. The molecule has 0 spiro atoms. The third kappa shape index (κ3) is 29.3. The fraction of sp³-hybridized carbons (Fsp3) is 0.700. The molecular formula is C60H96N8O15S. The van der Waals surface area contributed by atoms with Crippen molar-refractivity contribution < 1.29 is 71.4 Å². The van der Waals surface area contributed by atoms with Crippen LogP contribution in [0.25, 0.3) is 11.6 Å². The Balaban J connectivity index is 0.653. The van der Waals surface area contributed by atoms with Crippen molar-refractivity contribution in [2.45, 2.75) is 121 Å². The molecule has 2 fully saturated rings. The van der Waals surface area contributed by atoms with E-state index >= 15 is 0 Å². The molecule has 2 aromatic rings. The SMILES string of the molecule is Cc1[nH]c(C=C2C(=O)Nc3ccccc32)c(C)c1CCC(=O)NCCOCCOCCOCCOCCOCCOCCOCCOCCOCCNC(=O)CCCCCNC(=O)CCCCCNC(=O)CCCC[C@@H]1SC[C@@H]2NC(=O)N[C@@H]21. The van der Waals surface area contributed by atoms with Gasteiger partial charge in [0.25, 0.3) is 5.91 Å². The molecule has 472 valence electrons. The molecule has 3 aliphatic heterocycles. The van der Waals surface area contributed by atoms with Gasteiger partial charge in [0.15, 0.2) is 0 Å². The Hall–Kier alpha value is -5.15. The summed E-state index contributed by atoms with van der Waals surface area (Å²) in [6, 6.07) is 8.01. The maximum absolute atomic E-state index is 12.6. The van der Waals surface area contributed by atoms with Gasteiger partial charge in [-0.25, -0.2) is 4.79 Å². The predicted molar refractivity (Wildman–Crippen MR) is 322 cm³/mol. The fourth-order valence-corrected chi connectivity index (χ4v) is 11.2. The number of amides is 7. The van der Waals surface area contributed by atoms with E-state index in [0.717, 1.165) is 97.3 Å². The molecule has 2 saturated heterocycles. The largest absolute Gasteiger partial charge is 0.377 e. The number of aromatic nitrogens is 1. The number of carbonyl (C=O) groups is 6. The van der Waals surface area contributed by atoms with E-state index in [0.29, 0.717) is 188 Å². The number of aromatic amines is 1. The number of fused-ring (bicyclic) bond motifs is 2. The normalized spacial score (nSPS) is 16.5. The lowest BCUT2D eigenvalue weighted by Gasteiger charge is -2.16. The second-order valence-electron chi connectivity index (χ2n) is 20.7. The summed E-state index contributed by atoms with van der Waals surface area (Å²) in [5.74, 6) is 0.880. The van der Waals surface area contributed by atoms with E-state index < -0.39 is 0 Å². The Morgan fingerprint density at radius 1 is 0.536 bits per heavy atom. The van der Waals surface area contributed by atoms with Crippen LogP contribution in [-0.2, 0) is 73.0 Å². The molecule has 84 heavy (non-hydrogen) atoms. The van der Waals surface area contributed by atoms with Crippen LogP contribution in [0.15, 0.2) is 24.3 Å². The van der Waals surface area contributed by atoms with Crippen molar-refractivity contribution in [3.8, 4) is 0 Å². The van der Waals surface area contributed by atoms with Gasteiger partial charge < -0.3 is 84.8 Å². The summed E-state index contributed by atoms with van der Waals surface area (Å²) in [5.41, 5.74) is 6.29. The van der Waals surface area contributed by atoms with Crippen LogP contribution in [0.5, 0.6) is 0 Å². The van der Waals surface area contributed by atoms with Crippen molar-refractivity contribution in [2.24, 2.45) is 0 Å². The molecule has 4 heterocycles. The fourth-order valence-electron chi connectivity index (χ4n) is 9.64. The molecule has 23 nitrogen and oxygen atoms in total. The lowest BCUT2D eigenvalue weighted by Crippen LogP contribution is -2.36. The van der Waals surface area contributed by atoms with Crippen LogP contribution in [-0.4, -0.2) is 209 Å². The van der Waals surface area contributed by atoms with Crippen LogP contribution >= 0.6 is 11.8 Å². The van der Waals surface area contributed by atoms with E-state index in [1.165, 1.54) is 0 Å². The van der Waals surface area contributed by atoms with Gasteiger partial charge in [0.05, 0.1) is 137 Å². The summed E-state index contributed by atoms with van der Waals surface area (Å²) >= 11 is 1.90. The maximum atomic E-state index is 12.6. The highest BCUT2D eigenvalue weighted by Gasteiger charge is 2.42. The molecule has 7 amide bonds. The van der Waals surface area contributed by atoms with Gasteiger partial charge in [0.1, 0.15) is 0 Å². The van der Waals surface area contributed by atoms with Crippen molar-refractivity contribution in [2.75, 3.05) is 156 Å². The quantitative estimate of drug-likeness (QED) is 0.0257. The highest BCUT2D eigenvalue weighted by atomic mass is 32.2. The van der Waals surface area contributed by atoms with Crippen LogP contribution in [0, 0.1) is 13.8 Å². The van der Waals surface area contributed by atoms with Crippen LogP contribution in [0.1, 0.15) is 112 Å². The number of hydrogen-bond donors (Lipinski definition) is 8. The molecule has 5 rings (SSSR count). The third-order valence-corrected chi connectivity index (χ3v) is 15.7. The number of nitrogens with one attached hydrogen (secondary N) is 8. The minimum Gasteiger partial charge on any atom is -0.377 e. The summed E-state index contributed by atoms with van der Waals surface area (Å²) in [6.45, 7) is 14.0. The number of rotatable bonds is 51. The Kier molecular flexibility index (Phi) is 36.0. The summed E-state index contributed by atoms with van der Waals surface area (Å²) < 4.78 is 49.9. The van der Waals surface area contributed by atoms with E-state index in [-0.39, 0.29) is 47.7 Å². The van der Waals surface area contributed by atoms with Gasteiger partial charge in [-0.2, -0.15) is 11.8 Å². The topological polar surface area (TPSA) is 285 Å². The zero-order valence-corrected chi connectivity index (χ0v) is 50.6. The standard InChI is InChI=1S/C60H96N8O15S/c1-45-47(46(2)65-51(45)43-49-48-13-7-8-14-50(48)66-59(49)73)19-20-57(72)64-24-26-76-28-30-78-32-34-80-36-38-82-40-42-83-41-39-81-37-35-79-33-31-77-29-27-75-25-23-63-56(71)17-6-4-12-21-61-54(69)16-5-3-11-22-62-55(70)18-10-9-15-53-58-52(44-84-53)67-60(74)68-58/h7-8,13-14,43,52-53,58,65H,3-6,9-12,15-42,44H2,1-2H3,(H,61,69)(H,62,70)(H,63,71)(H,64,72)(H,66,73)(H2,67,68,74)/t52-,53-,58-/m0/s1. The molecule has 3 aliphatic rings. The minimum atomic E-state index is -0.123. The first-order valence-electron chi connectivity index (χ1n) is 30.3. The van der Waals surface area contributed by atoms with Crippen molar-refractivity contribution in [1.29, 1.82) is 0 Å². The summed E-state index contributed by atoms with van der Waals surface area (Å²) in [4.78, 5) is 76.5. The van der Waals surface area contributed by atoms with Crippen LogP contribution < -0.4 is 37.2 Å². The molecular weight excluding hydrogens is 1100 g/mol. The van der Waals surface area contributed by atoms with Crippen LogP contribution in [0.4, 0.5) is 10.5 Å². The monoisotopic (exact) mass is 1200 g/mol. The molecule has 3 atom stereocenters. The molecule has 0 bridgehead atoms. The molecule has 0 saturated carbocycles. The minimum absolute atomic E-state index is 0.0110. The molecule has 1 aromatic carbocycles. The molecule has 0 aliphatic carbocycles. The number of ether oxygens (including phenoxy) is 9. The van der Waals surface area contributed by atoms with E-state index in [1.54, 1.807) is 0 Å². The summed E-state index contributed by atoms with van der Waals surface area (Å²) in [6.07, 6.45) is 12.0. The Morgan fingerprint density at radius 2 is 0.976 bits per heavy atom. The maximum Gasteiger partial charge on any atom is 0.315 e. The number of carbonyl (C=O) groups excluding carboxylic acids is 6. The Labute approximate surface area is 500 Å². The number of urea groups is 1. The number of para-hydroxylation sites is 1. The second kappa shape index (κ2) is 43.5. The van der Waals surface area contributed by atoms with Gasteiger partial charge in [0.2, 0.25) is 23.6 Å². The van der Waals surface area contributed by atoms with E-state index in [9.17, 15) is 28.8 Å². The van der Waals surface area contributed by atoms with Crippen molar-refractivity contribution in [1.82, 2.24) is 36.9 Å². The number of aryl methyl sites for hydroxylation is 1. The molecule has 0 unspecified atom stereocenters. The summed E-state index contributed by atoms with van der Waals surface area (Å²) in [7, 11) is 0. The number of anilines is 1. The Morgan fingerprint density at radius 3 is 1.48 bits per heavy atom. The lowest BCUT2D eigenvalue weighted by molar-refractivity contribution is -0.122. The zero-order valence-electron chi connectivity index (χ0n) is 49.8.